The molecule has 4 amide bonds. The Morgan fingerprint density at radius 3 is 1.78 bits per heavy atom. The summed E-state index contributed by atoms with van der Waals surface area (Å²) in [7, 11) is 1.33. The lowest BCUT2D eigenvalue weighted by molar-refractivity contribution is -0.139. The van der Waals surface area contributed by atoms with Crippen molar-refractivity contribution in [2.45, 2.75) is 34.1 Å². The summed E-state index contributed by atoms with van der Waals surface area (Å²) < 4.78 is 14.6. The van der Waals surface area contributed by atoms with Gasteiger partial charge in [0, 0.05) is 24.0 Å². The number of nitrogens with zero attached hydrogens (tertiary/aromatic N) is 1. The van der Waals surface area contributed by atoms with Gasteiger partial charge in [0.1, 0.15) is 13.2 Å². The molecule has 37 heavy (non-hydrogen) atoms. The Balaban J connectivity index is 0.00000334. The van der Waals surface area contributed by atoms with Gasteiger partial charge in [-0.3, -0.25) is 5.32 Å². The molecule has 0 aliphatic carbocycles. The minimum Gasteiger partial charge on any atom is -0.459 e. The van der Waals surface area contributed by atoms with Crippen LogP contribution in [0.5, 0.6) is 0 Å². The van der Waals surface area contributed by atoms with Gasteiger partial charge in [0.25, 0.3) is 0 Å². The Morgan fingerprint density at radius 2 is 1.30 bits per heavy atom. The Kier molecular flexibility index (Phi) is 13.6. The summed E-state index contributed by atoms with van der Waals surface area (Å²) in [5.74, 6) is -0.536. The van der Waals surface area contributed by atoms with E-state index < -0.39 is 24.2 Å². The number of benzene rings is 2. The number of esters is 1. The summed E-state index contributed by atoms with van der Waals surface area (Å²) in [6.45, 7) is 10.7. The van der Waals surface area contributed by atoms with Crippen LogP contribution in [0.1, 0.15) is 38.8 Å². The zero-order chi connectivity index (χ0) is 27.8. The first-order valence-corrected chi connectivity index (χ1v) is 11.8. The van der Waals surface area contributed by atoms with E-state index in [2.05, 4.69) is 17.2 Å². The van der Waals surface area contributed by atoms with E-state index >= 15 is 0 Å². The Labute approximate surface area is 217 Å². The van der Waals surface area contributed by atoms with Gasteiger partial charge in [-0.1, -0.05) is 44.7 Å². The fourth-order valence-corrected chi connectivity index (χ4v) is 2.70. The maximum atomic E-state index is 12.1. The fourth-order valence-electron chi connectivity index (χ4n) is 2.70. The van der Waals surface area contributed by atoms with E-state index in [4.69, 9.17) is 14.2 Å². The van der Waals surface area contributed by atoms with Crippen LogP contribution in [0.25, 0.3) is 0 Å². The van der Waals surface area contributed by atoms with Crippen molar-refractivity contribution < 1.29 is 33.4 Å². The van der Waals surface area contributed by atoms with Crippen LogP contribution in [-0.4, -0.2) is 56.0 Å². The number of hydrogen-bond donors (Lipinski definition) is 2. The van der Waals surface area contributed by atoms with Crippen molar-refractivity contribution in [2.24, 2.45) is 0 Å². The van der Waals surface area contributed by atoms with Gasteiger partial charge < -0.3 is 19.5 Å². The first kappa shape index (κ1) is 30.7. The third-order valence-electron chi connectivity index (χ3n) is 4.56. The molecule has 0 unspecified atom stereocenters. The lowest BCUT2D eigenvalue weighted by Gasteiger charge is -2.15. The Bertz CT molecular complexity index is 1050. The zero-order valence-corrected chi connectivity index (χ0v) is 22.0. The first-order valence-electron chi connectivity index (χ1n) is 11.8. The number of ether oxygens (including phenoxy) is 3. The maximum Gasteiger partial charge on any atom is 0.417 e. The lowest BCUT2D eigenvalue weighted by atomic mass is 10.0. The molecule has 0 spiro atoms. The minimum absolute atomic E-state index is 0.0530. The molecule has 0 fully saturated rings. The molecule has 0 aliphatic rings. The molecule has 0 aliphatic heterocycles. The fraction of sp³-hybridized carbons (Fsp3) is 0.333. The first-order chi connectivity index (χ1) is 17.7. The molecule has 2 aromatic carbocycles. The standard InChI is InChI=1S/C25H29N3O7.C2H6/c1-5-33-25(32)28(4)23(30)26-20-10-6-18(7-11-20)16-19-8-12-21(13-9-19)27-24(31)35-15-14-34-22(29)17(2)3;1-2/h6-13H,2,5,14-16H2,1,3-4H3,(H,26,30)(H,27,31);1-2H3. The molecule has 0 aromatic heterocycles. The number of amides is 4. The van der Waals surface area contributed by atoms with Crippen LogP contribution >= 0.6 is 0 Å². The summed E-state index contributed by atoms with van der Waals surface area (Å²) in [4.78, 5) is 47.7. The molecule has 2 rings (SSSR count). The SMILES string of the molecule is C=C(C)C(=O)OCCOC(=O)Nc1ccc(Cc2ccc(NC(=O)N(C)C(=O)OCC)cc2)cc1.CC. The van der Waals surface area contributed by atoms with Crippen molar-refractivity contribution in [2.75, 3.05) is 37.5 Å². The number of carbonyl (C=O) groups is 4. The predicted octanol–water partition coefficient (Wildman–Crippen LogP) is 5.59. The molecular formula is C27H35N3O7. The highest BCUT2D eigenvalue weighted by atomic mass is 16.6. The number of nitrogens with one attached hydrogen (secondary N) is 2. The van der Waals surface area contributed by atoms with E-state index in [0.717, 1.165) is 16.0 Å². The topological polar surface area (TPSA) is 123 Å². The second-order valence-corrected chi connectivity index (χ2v) is 7.44. The molecule has 0 saturated carbocycles. The smallest absolute Gasteiger partial charge is 0.417 e. The minimum atomic E-state index is -0.725. The second-order valence-electron chi connectivity index (χ2n) is 7.44. The Morgan fingerprint density at radius 1 is 0.811 bits per heavy atom. The maximum absolute atomic E-state index is 12.1. The highest BCUT2D eigenvalue weighted by Gasteiger charge is 2.17. The summed E-state index contributed by atoms with van der Waals surface area (Å²) in [6, 6.07) is 13.9. The summed E-state index contributed by atoms with van der Waals surface area (Å²) in [5, 5.41) is 5.23. The number of imide groups is 1. The number of anilines is 2. The van der Waals surface area contributed by atoms with Crippen molar-refractivity contribution in [3.05, 3.63) is 71.8 Å². The molecule has 0 atom stereocenters. The average molecular weight is 514 g/mol. The van der Waals surface area contributed by atoms with Crippen LogP contribution in [0, 0.1) is 0 Å². The largest absolute Gasteiger partial charge is 0.459 e. The molecule has 2 aromatic rings. The molecule has 0 saturated heterocycles. The normalized spacial score (nSPS) is 9.65. The molecule has 0 radical (unpaired) electrons. The van der Waals surface area contributed by atoms with Crippen molar-refractivity contribution in [3.63, 3.8) is 0 Å². The van der Waals surface area contributed by atoms with Gasteiger partial charge in [0.05, 0.1) is 6.61 Å². The van der Waals surface area contributed by atoms with Crippen molar-refractivity contribution >= 4 is 35.6 Å². The Hall–Kier alpha value is -4.34. The monoisotopic (exact) mass is 513 g/mol. The van der Waals surface area contributed by atoms with E-state index in [1.165, 1.54) is 14.0 Å². The summed E-state index contributed by atoms with van der Waals surface area (Å²) >= 11 is 0. The lowest BCUT2D eigenvalue weighted by Crippen LogP contribution is -2.37. The van der Waals surface area contributed by atoms with Crippen LogP contribution in [0.3, 0.4) is 0 Å². The summed E-state index contributed by atoms with van der Waals surface area (Å²) in [5.41, 5.74) is 3.39. The zero-order valence-electron chi connectivity index (χ0n) is 22.0. The number of hydrogen-bond acceptors (Lipinski definition) is 7. The summed E-state index contributed by atoms with van der Waals surface area (Å²) in [6.07, 6.45) is -0.747. The van der Waals surface area contributed by atoms with Gasteiger partial charge in [-0.15, -0.1) is 0 Å². The van der Waals surface area contributed by atoms with E-state index in [1.807, 2.05) is 38.1 Å². The van der Waals surface area contributed by atoms with Gasteiger partial charge in [0.2, 0.25) is 0 Å². The van der Waals surface area contributed by atoms with Crippen LogP contribution in [-0.2, 0) is 25.4 Å². The van der Waals surface area contributed by atoms with Crippen LogP contribution in [0.4, 0.5) is 25.8 Å². The van der Waals surface area contributed by atoms with Gasteiger partial charge in [0.15, 0.2) is 0 Å². The average Bonchev–Trinajstić information content (AvgIpc) is 2.89. The van der Waals surface area contributed by atoms with E-state index in [0.29, 0.717) is 17.8 Å². The predicted molar refractivity (Wildman–Crippen MR) is 142 cm³/mol. The number of urea groups is 1. The molecule has 0 heterocycles. The quantitative estimate of drug-likeness (QED) is 0.194. The molecule has 10 nitrogen and oxygen atoms in total. The molecule has 2 N–H and O–H groups in total. The highest BCUT2D eigenvalue weighted by molar-refractivity contribution is 5.98. The highest BCUT2D eigenvalue weighted by Crippen LogP contribution is 2.16. The second kappa shape index (κ2) is 16.4. The third kappa shape index (κ3) is 11.3. The molecular weight excluding hydrogens is 478 g/mol. The van der Waals surface area contributed by atoms with E-state index in [1.54, 1.807) is 31.2 Å². The van der Waals surface area contributed by atoms with Crippen molar-refractivity contribution in [1.29, 1.82) is 0 Å². The molecule has 0 bridgehead atoms. The third-order valence-corrected chi connectivity index (χ3v) is 4.56. The van der Waals surface area contributed by atoms with Gasteiger partial charge in [-0.25, -0.2) is 24.1 Å². The van der Waals surface area contributed by atoms with Crippen LogP contribution in [0.2, 0.25) is 0 Å². The van der Waals surface area contributed by atoms with E-state index in [9.17, 15) is 19.2 Å². The van der Waals surface area contributed by atoms with Gasteiger partial charge >= 0.3 is 24.2 Å². The van der Waals surface area contributed by atoms with Gasteiger partial charge in [-0.2, -0.15) is 0 Å². The molecule has 10 heteroatoms. The van der Waals surface area contributed by atoms with Crippen LogP contribution in [0.15, 0.2) is 60.7 Å². The van der Waals surface area contributed by atoms with Crippen molar-refractivity contribution in [3.8, 4) is 0 Å². The number of rotatable bonds is 9. The number of carbonyl (C=O) groups excluding carboxylic acids is 4. The molecule has 200 valence electrons. The van der Waals surface area contributed by atoms with Gasteiger partial charge in [-0.05, 0) is 55.7 Å². The van der Waals surface area contributed by atoms with E-state index in [-0.39, 0.29) is 25.4 Å². The van der Waals surface area contributed by atoms with Crippen molar-refractivity contribution in [1.82, 2.24) is 4.90 Å². The van der Waals surface area contributed by atoms with Crippen LogP contribution < -0.4 is 10.6 Å².